The molecular formula is C18H21NO4S. The van der Waals surface area contributed by atoms with Gasteiger partial charge in [-0.3, -0.25) is 4.79 Å². The van der Waals surface area contributed by atoms with Gasteiger partial charge in [0, 0.05) is 5.92 Å². The average Bonchev–Trinajstić information content (AvgIpc) is 2.55. The summed E-state index contributed by atoms with van der Waals surface area (Å²) in [6.45, 7) is 5.21. The molecule has 0 spiro atoms. The van der Waals surface area contributed by atoms with Gasteiger partial charge in [-0.2, -0.15) is 0 Å². The molecule has 0 aliphatic heterocycles. The highest BCUT2D eigenvalue weighted by atomic mass is 32.2. The second-order valence-corrected chi connectivity index (χ2v) is 7.56. The van der Waals surface area contributed by atoms with Crippen molar-refractivity contribution >= 4 is 21.6 Å². The van der Waals surface area contributed by atoms with Crippen LogP contribution in [0.4, 0.5) is 5.69 Å². The van der Waals surface area contributed by atoms with Crippen molar-refractivity contribution in [2.45, 2.75) is 25.7 Å². The van der Waals surface area contributed by atoms with Crippen molar-refractivity contribution in [2.75, 3.05) is 11.4 Å². The van der Waals surface area contributed by atoms with Crippen LogP contribution in [0.15, 0.2) is 53.4 Å². The van der Waals surface area contributed by atoms with Crippen molar-refractivity contribution in [3.8, 4) is 5.75 Å². The minimum absolute atomic E-state index is 0.0814. The van der Waals surface area contributed by atoms with E-state index in [4.69, 9.17) is 4.74 Å². The van der Waals surface area contributed by atoms with Crippen LogP contribution in [-0.4, -0.2) is 21.4 Å². The van der Waals surface area contributed by atoms with Gasteiger partial charge >= 0.3 is 0 Å². The minimum atomic E-state index is -3.99. The van der Waals surface area contributed by atoms with Gasteiger partial charge in [0.05, 0.1) is 17.7 Å². The second kappa shape index (κ2) is 7.05. The average molecular weight is 347 g/mol. The first-order valence-corrected chi connectivity index (χ1v) is 9.01. The third-order valence-electron chi connectivity index (χ3n) is 3.56. The zero-order chi connectivity index (χ0) is 17.9. The number of amides is 1. The largest absolute Gasteiger partial charge is 0.497 e. The first-order chi connectivity index (χ1) is 11.3. The summed E-state index contributed by atoms with van der Waals surface area (Å²) in [6.07, 6.45) is 0. The molecule has 0 radical (unpaired) electrons. The molecule has 0 atom stereocenters. The molecule has 1 amide bonds. The fourth-order valence-electron chi connectivity index (χ4n) is 2.15. The Kier molecular flexibility index (Phi) is 5.29. The number of carbonyl (C=O) groups is 1. The Hall–Kier alpha value is -2.34. The molecule has 2 rings (SSSR count). The molecule has 5 nitrogen and oxygen atoms in total. The summed E-state index contributed by atoms with van der Waals surface area (Å²) >= 11 is 0. The van der Waals surface area contributed by atoms with Gasteiger partial charge in [0.1, 0.15) is 5.75 Å². The van der Waals surface area contributed by atoms with Crippen LogP contribution in [-0.2, 0) is 14.8 Å². The lowest BCUT2D eigenvalue weighted by molar-refractivity contribution is -0.120. The topological polar surface area (TPSA) is 63.7 Å². The quantitative estimate of drug-likeness (QED) is 0.832. The van der Waals surface area contributed by atoms with Gasteiger partial charge in [0.25, 0.3) is 10.0 Å². The highest BCUT2D eigenvalue weighted by molar-refractivity contribution is 7.93. The molecular weight excluding hydrogens is 326 g/mol. The molecule has 0 heterocycles. The third kappa shape index (κ3) is 3.59. The van der Waals surface area contributed by atoms with E-state index in [9.17, 15) is 13.2 Å². The summed E-state index contributed by atoms with van der Waals surface area (Å²) in [5.74, 6) is -0.364. The molecule has 0 saturated heterocycles. The van der Waals surface area contributed by atoms with E-state index in [1.807, 2.05) is 6.92 Å². The van der Waals surface area contributed by atoms with Crippen LogP contribution >= 0.6 is 0 Å². The number of hydrogen-bond donors (Lipinski definition) is 0. The van der Waals surface area contributed by atoms with Crippen LogP contribution in [0.5, 0.6) is 5.75 Å². The number of aryl methyl sites for hydroxylation is 1. The first kappa shape index (κ1) is 18.0. The summed E-state index contributed by atoms with van der Waals surface area (Å²) < 4.78 is 32.0. The number of sulfonamides is 1. The number of hydrogen-bond acceptors (Lipinski definition) is 4. The van der Waals surface area contributed by atoms with E-state index in [-0.39, 0.29) is 10.6 Å². The first-order valence-electron chi connectivity index (χ1n) is 7.57. The van der Waals surface area contributed by atoms with Crippen molar-refractivity contribution in [2.24, 2.45) is 5.92 Å². The van der Waals surface area contributed by atoms with Gasteiger partial charge in [-0.15, -0.1) is 0 Å². The van der Waals surface area contributed by atoms with E-state index in [0.29, 0.717) is 5.75 Å². The van der Waals surface area contributed by atoms with Gasteiger partial charge in [-0.25, -0.2) is 12.7 Å². The van der Waals surface area contributed by atoms with Crippen molar-refractivity contribution in [3.63, 3.8) is 0 Å². The van der Waals surface area contributed by atoms with Crippen molar-refractivity contribution in [1.29, 1.82) is 0 Å². The summed E-state index contributed by atoms with van der Waals surface area (Å²) in [6, 6.07) is 12.8. The maximum absolute atomic E-state index is 13.0. The van der Waals surface area contributed by atoms with Crippen LogP contribution in [0.3, 0.4) is 0 Å². The smallest absolute Gasteiger partial charge is 0.270 e. The van der Waals surface area contributed by atoms with E-state index in [0.717, 1.165) is 9.87 Å². The van der Waals surface area contributed by atoms with E-state index in [2.05, 4.69) is 0 Å². The number of anilines is 1. The number of rotatable bonds is 5. The molecule has 6 heteroatoms. The monoisotopic (exact) mass is 347 g/mol. The number of ether oxygens (including phenoxy) is 1. The molecule has 2 aromatic rings. The fraction of sp³-hybridized carbons (Fsp3) is 0.278. The van der Waals surface area contributed by atoms with Crippen molar-refractivity contribution in [3.05, 3.63) is 54.1 Å². The third-order valence-corrected chi connectivity index (χ3v) is 5.30. The number of benzene rings is 2. The molecule has 0 bridgehead atoms. The standard InChI is InChI=1S/C18H21NO4S/c1-13(2)18(20)19(15-7-9-16(23-4)10-8-15)24(21,22)17-11-5-14(3)6-12-17/h5-13H,1-4H3. The van der Waals surface area contributed by atoms with Crippen molar-refractivity contribution < 1.29 is 17.9 Å². The summed E-state index contributed by atoms with van der Waals surface area (Å²) in [7, 11) is -2.47. The van der Waals surface area contributed by atoms with Gasteiger partial charge in [-0.1, -0.05) is 31.5 Å². The van der Waals surface area contributed by atoms with E-state index in [1.165, 1.54) is 19.2 Å². The van der Waals surface area contributed by atoms with Crippen LogP contribution in [0.2, 0.25) is 0 Å². The zero-order valence-corrected chi connectivity index (χ0v) is 15.0. The van der Waals surface area contributed by atoms with Crippen LogP contribution in [0, 0.1) is 12.8 Å². The molecule has 0 saturated carbocycles. The van der Waals surface area contributed by atoms with Gasteiger partial charge in [0.15, 0.2) is 0 Å². The summed E-state index contributed by atoms with van der Waals surface area (Å²) in [5.41, 5.74) is 1.23. The SMILES string of the molecule is COc1ccc(N(C(=O)C(C)C)S(=O)(=O)c2ccc(C)cc2)cc1. The van der Waals surface area contributed by atoms with Gasteiger partial charge in [0.2, 0.25) is 5.91 Å². The highest BCUT2D eigenvalue weighted by Crippen LogP contribution is 2.27. The number of nitrogens with zero attached hydrogens (tertiary/aromatic N) is 1. The van der Waals surface area contributed by atoms with Crippen LogP contribution < -0.4 is 9.04 Å². The highest BCUT2D eigenvalue weighted by Gasteiger charge is 2.32. The Bertz CT molecular complexity index is 809. The molecule has 0 N–H and O–H groups in total. The Balaban J connectivity index is 2.56. The maximum Gasteiger partial charge on any atom is 0.270 e. The minimum Gasteiger partial charge on any atom is -0.497 e. The lowest BCUT2D eigenvalue weighted by Crippen LogP contribution is -2.39. The molecule has 0 aliphatic carbocycles. The Morgan fingerprint density at radius 2 is 1.54 bits per heavy atom. The molecule has 0 aliphatic rings. The lowest BCUT2D eigenvalue weighted by Gasteiger charge is -2.24. The molecule has 24 heavy (non-hydrogen) atoms. The van der Waals surface area contributed by atoms with Gasteiger partial charge < -0.3 is 4.74 Å². The molecule has 0 aromatic heterocycles. The van der Waals surface area contributed by atoms with Crippen LogP contribution in [0.25, 0.3) is 0 Å². The molecule has 128 valence electrons. The Labute approximate surface area is 142 Å². The fourth-order valence-corrected chi connectivity index (χ4v) is 3.69. The predicted octanol–water partition coefficient (Wildman–Crippen LogP) is 3.38. The van der Waals surface area contributed by atoms with E-state index in [1.54, 1.807) is 50.2 Å². The Morgan fingerprint density at radius 1 is 1.00 bits per heavy atom. The normalized spacial score (nSPS) is 11.4. The van der Waals surface area contributed by atoms with Gasteiger partial charge in [-0.05, 0) is 43.3 Å². The lowest BCUT2D eigenvalue weighted by atomic mass is 10.2. The molecule has 0 fully saturated rings. The maximum atomic E-state index is 13.0. The number of carbonyl (C=O) groups excluding carboxylic acids is 1. The summed E-state index contributed by atoms with van der Waals surface area (Å²) in [5, 5.41) is 0. The van der Waals surface area contributed by atoms with E-state index >= 15 is 0 Å². The predicted molar refractivity (Wildman–Crippen MR) is 93.7 cm³/mol. The van der Waals surface area contributed by atoms with Crippen LogP contribution in [0.1, 0.15) is 19.4 Å². The van der Waals surface area contributed by atoms with E-state index < -0.39 is 21.8 Å². The molecule has 2 aromatic carbocycles. The second-order valence-electron chi connectivity index (χ2n) is 5.77. The van der Waals surface area contributed by atoms with Crippen molar-refractivity contribution in [1.82, 2.24) is 0 Å². The zero-order valence-electron chi connectivity index (χ0n) is 14.2. The molecule has 0 unspecified atom stereocenters. The Morgan fingerprint density at radius 3 is 2.00 bits per heavy atom. The number of methoxy groups -OCH3 is 1. The summed E-state index contributed by atoms with van der Waals surface area (Å²) in [4.78, 5) is 12.7.